The summed E-state index contributed by atoms with van der Waals surface area (Å²) in [6.45, 7) is 3.66. The summed E-state index contributed by atoms with van der Waals surface area (Å²) in [5.41, 5.74) is 0.779. The fourth-order valence-corrected chi connectivity index (χ4v) is 2.14. The van der Waals surface area contributed by atoms with Gasteiger partial charge in [-0.3, -0.25) is 9.59 Å². The van der Waals surface area contributed by atoms with Crippen LogP contribution in [0, 0.1) is 0 Å². The number of para-hydroxylation sites is 1. The van der Waals surface area contributed by atoms with Gasteiger partial charge in [0.15, 0.2) is 6.61 Å². The molecule has 0 unspecified atom stereocenters. The number of hydrogen-bond acceptors (Lipinski definition) is 3. The third-order valence-electron chi connectivity index (χ3n) is 2.97. The Balaban J connectivity index is 2.45. The van der Waals surface area contributed by atoms with E-state index < -0.39 is 11.4 Å². The number of fused-ring (bicyclic) bond motifs is 1. The van der Waals surface area contributed by atoms with Gasteiger partial charge in [-0.15, -0.1) is 0 Å². The second kappa shape index (κ2) is 4.33. The molecule has 1 aliphatic heterocycles. The minimum absolute atomic E-state index is 0.00415. The Morgan fingerprint density at radius 3 is 2.89 bits per heavy atom. The third-order valence-corrected chi connectivity index (χ3v) is 2.97. The van der Waals surface area contributed by atoms with Gasteiger partial charge < -0.3 is 15.2 Å². The minimum Gasteiger partial charge on any atom is -0.482 e. The van der Waals surface area contributed by atoms with E-state index in [-0.39, 0.29) is 18.9 Å². The first kappa shape index (κ1) is 12.4. The van der Waals surface area contributed by atoms with Crippen molar-refractivity contribution in [1.29, 1.82) is 0 Å². The number of ether oxygens (including phenoxy) is 1. The molecule has 2 rings (SSSR count). The number of carbonyl (C=O) groups excluding carboxylic acids is 1. The molecule has 18 heavy (non-hydrogen) atoms. The summed E-state index contributed by atoms with van der Waals surface area (Å²) in [5, 5.41) is 11.7. The van der Waals surface area contributed by atoms with Gasteiger partial charge in [0.05, 0.1) is 12.1 Å². The van der Waals surface area contributed by atoms with Gasteiger partial charge in [-0.2, -0.15) is 0 Å². The van der Waals surface area contributed by atoms with E-state index in [2.05, 4.69) is 5.32 Å². The maximum Gasteiger partial charge on any atom is 0.304 e. The molecule has 0 radical (unpaired) electrons. The Morgan fingerprint density at radius 1 is 1.50 bits per heavy atom. The number of hydrogen-bond donors (Lipinski definition) is 2. The lowest BCUT2D eigenvalue weighted by Gasteiger charge is -2.29. The predicted molar refractivity (Wildman–Crippen MR) is 65.8 cm³/mol. The van der Waals surface area contributed by atoms with Crippen LogP contribution in [-0.2, 0) is 15.0 Å². The van der Waals surface area contributed by atoms with Crippen molar-refractivity contribution in [2.24, 2.45) is 0 Å². The molecule has 1 heterocycles. The molecule has 0 saturated carbocycles. The van der Waals surface area contributed by atoms with Crippen LogP contribution in [0.15, 0.2) is 18.2 Å². The molecule has 0 spiro atoms. The van der Waals surface area contributed by atoms with Crippen LogP contribution in [-0.4, -0.2) is 23.6 Å². The summed E-state index contributed by atoms with van der Waals surface area (Å²) >= 11 is 0. The van der Waals surface area contributed by atoms with Gasteiger partial charge in [-0.05, 0) is 11.6 Å². The van der Waals surface area contributed by atoms with E-state index in [1.807, 2.05) is 19.9 Å². The molecule has 5 heteroatoms. The van der Waals surface area contributed by atoms with Crippen molar-refractivity contribution in [3.63, 3.8) is 0 Å². The van der Waals surface area contributed by atoms with Gasteiger partial charge in [0.2, 0.25) is 0 Å². The molecule has 0 atom stereocenters. The first-order valence-electron chi connectivity index (χ1n) is 5.68. The zero-order valence-electron chi connectivity index (χ0n) is 10.3. The molecule has 5 nitrogen and oxygen atoms in total. The van der Waals surface area contributed by atoms with Crippen molar-refractivity contribution in [1.82, 2.24) is 0 Å². The molecule has 96 valence electrons. The first-order chi connectivity index (χ1) is 8.40. The van der Waals surface area contributed by atoms with Crippen LogP contribution >= 0.6 is 0 Å². The monoisotopic (exact) mass is 249 g/mol. The largest absolute Gasteiger partial charge is 0.482 e. The number of amides is 1. The Hall–Kier alpha value is -2.04. The van der Waals surface area contributed by atoms with Crippen LogP contribution in [0.5, 0.6) is 5.75 Å². The molecule has 0 aromatic heterocycles. The summed E-state index contributed by atoms with van der Waals surface area (Å²) in [4.78, 5) is 22.3. The molecule has 2 N–H and O–H groups in total. The number of benzene rings is 1. The van der Waals surface area contributed by atoms with Crippen LogP contribution in [0.3, 0.4) is 0 Å². The Labute approximate surface area is 105 Å². The Morgan fingerprint density at radius 2 is 2.22 bits per heavy atom. The highest BCUT2D eigenvalue weighted by Gasteiger charge is 2.30. The zero-order chi connectivity index (χ0) is 13.3. The normalized spacial score (nSPS) is 14.4. The summed E-state index contributed by atoms with van der Waals surface area (Å²) in [7, 11) is 0. The van der Waals surface area contributed by atoms with E-state index in [0.29, 0.717) is 11.4 Å². The topological polar surface area (TPSA) is 75.6 Å². The van der Waals surface area contributed by atoms with Crippen molar-refractivity contribution in [3.05, 3.63) is 23.8 Å². The maximum absolute atomic E-state index is 11.4. The lowest BCUT2D eigenvalue weighted by molar-refractivity contribution is -0.138. The molecule has 1 amide bonds. The number of carbonyl (C=O) groups is 2. The molecule has 0 aliphatic carbocycles. The summed E-state index contributed by atoms with van der Waals surface area (Å²) in [6, 6.07) is 5.38. The Bertz CT molecular complexity index is 508. The van der Waals surface area contributed by atoms with Crippen LogP contribution in [0.1, 0.15) is 25.8 Å². The second-order valence-corrected chi connectivity index (χ2v) is 4.97. The average molecular weight is 249 g/mol. The van der Waals surface area contributed by atoms with E-state index in [9.17, 15) is 9.59 Å². The highest BCUT2D eigenvalue weighted by molar-refractivity contribution is 5.96. The standard InChI is InChI=1S/C13H15NO4/c1-13(2,6-11(16)17)8-4-3-5-9-12(8)14-10(15)7-18-9/h3-5H,6-7H2,1-2H3,(H,14,15)(H,16,17). The van der Waals surface area contributed by atoms with Crippen LogP contribution in [0.2, 0.25) is 0 Å². The van der Waals surface area contributed by atoms with Crippen molar-refractivity contribution < 1.29 is 19.4 Å². The number of carboxylic acid groups (broad SMARTS) is 1. The van der Waals surface area contributed by atoms with Gasteiger partial charge in [-0.25, -0.2) is 0 Å². The molecular weight excluding hydrogens is 234 g/mol. The van der Waals surface area contributed by atoms with Gasteiger partial charge in [0.25, 0.3) is 5.91 Å². The summed E-state index contributed by atoms with van der Waals surface area (Å²) in [5.74, 6) is -0.507. The number of nitrogens with one attached hydrogen (secondary N) is 1. The third kappa shape index (κ3) is 2.30. The fraction of sp³-hybridized carbons (Fsp3) is 0.385. The van der Waals surface area contributed by atoms with E-state index >= 15 is 0 Å². The number of aliphatic carboxylic acids is 1. The first-order valence-corrected chi connectivity index (χ1v) is 5.68. The van der Waals surface area contributed by atoms with Crippen LogP contribution in [0.25, 0.3) is 0 Å². The highest BCUT2D eigenvalue weighted by Crippen LogP contribution is 2.39. The number of carboxylic acids is 1. The summed E-state index contributed by atoms with van der Waals surface area (Å²) < 4.78 is 5.32. The molecule has 1 aliphatic rings. The molecule has 0 bridgehead atoms. The molecule has 0 saturated heterocycles. The van der Waals surface area contributed by atoms with Crippen molar-refractivity contribution >= 4 is 17.6 Å². The van der Waals surface area contributed by atoms with Gasteiger partial charge in [0.1, 0.15) is 5.75 Å². The lowest BCUT2D eigenvalue weighted by Crippen LogP contribution is -2.30. The SMILES string of the molecule is CC(C)(CC(=O)O)c1cccc2c1NC(=O)CO2. The fourth-order valence-electron chi connectivity index (χ4n) is 2.14. The quantitative estimate of drug-likeness (QED) is 0.856. The summed E-state index contributed by atoms with van der Waals surface area (Å²) in [6.07, 6.45) is -0.0146. The molecule has 1 aromatic rings. The smallest absolute Gasteiger partial charge is 0.304 e. The van der Waals surface area contributed by atoms with Crippen molar-refractivity contribution in [2.45, 2.75) is 25.7 Å². The van der Waals surface area contributed by atoms with E-state index in [0.717, 1.165) is 5.56 Å². The van der Waals surface area contributed by atoms with Crippen molar-refractivity contribution in [3.8, 4) is 5.75 Å². The van der Waals surface area contributed by atoms with Crippen LogP contribution in [0.4, 0.5) is 5.69 Å². The zero-order valence-corrected chi connectivity index (χ0v) is 10.3. The lowest BCUT2D eigenvalue weighted by atomic mass is 9.80. The van der Waals surface area contributed by atoms with Gasteiger partial charge in [-0.1, -0.05) is 26.0 Å². The van der Waals surface area contributed by atoms with Gasteiger partial charge in [0, 0.05) is 5.41 Å². The highest BCUT2D eigenvalue weighted by atomic mass is 16.5. The van der Waals surface area contributed by atoms with Crippen molar-refractivity contribution in [2.75, 3.05) is 11.9 Å². The number of anilines is 1. The van der Waals surface area contributed by atoms with E-state index in [4.69, 9.17) is 9.84 Å². The molecule has 0 fully saturated rings. The Kier molecular flexibility index (Phi) is 2.98. The predicted octanol–water partition coefficient (Wildman–Crippen LogP) is 1.77. The number of rotatable bonds is 3. The van der Waals surface area contributed by atoms with E-state index in [1.165, 1.54) is 0 Å². The second-order valence-electron chi connectivity index (χ2n) is 4.97. The average Bonchev–Trinajstić information content (AvgIpc) is 2.26. The molecular formula is C13H15NO4. The van der Waals surface area contributed by atoms with Gasteiger partial charge >= 0.3 is 5.97 Å². The molecule has 1 aromatic carbocycles. The maximum atomic E-state index is 11.4. The van der Waals surface area contributed by atoms with Crippen LogP contribution < -0.4 is 10.1 Å². The van der Waals surface area contributed by atoms with E-state index in [1.54, 1.807) is 12.1 Å². The minimum atomic E-state index is -0.874.